The van der Waals surface area contributed by atoms with E-state index in [4.69, 9.17) is 4.42 Å². The predicted molar refractivity (Wildman–Crippen MR) is 135 cm³/mol. The molecule has 3 heterocycles. The SMILES string of the molecule is CC.O=CN1CCC(Nc2cccc(-c3cn(Cc4ccc(-c5nnc(C(F)F)o5)cc4F)nn3)c2F)CC1. The zero-order chi connectivity index (χ0) is 27.9. The fourth-order valence-corrected chi connectivity index (χ4v) is 4.13. The van der Waals surface area contributed by atoms with Crippen molar-refractivity contribution in [1.29, 1.82) is 0 Å². The van der Waals surface area contributed by atoms with Gasteiger partial charge in [0, 0.05) is 35.8 Å². The Balaban J connectivity index is 0.00000172. The lowest BCUT2D eigenvalue weighted by Crippen LogP contribution is -2.38. The monoisotopic (exact) mass is 545 g/mol. The number of likely N-dealkylation sites (tertiary alicyclic amines) is 1. The van der Waals surface area contributed by atoms with E-state index in [1.54, 1.807) is 23.1 Å². The molecule has 0 radical (unpaired) electrons. The molecule has 4 aromatic rings. The highest BCUT2D eigenvalue weighted by molar-refractivity contribution is 5.66. The Bertz CT molecular complexity index is 1400. The highest BCUT2D eigenvalue weighted by atomic mass is 19.3. The van der Waals surface area contributed by atoms with Crippen LogP contribution in [0.3, 0.4) is 0 Å². The highest BCUT2D eigenvalue weighted by Gasteiger charge is 2.21. The van der Waals surface area contributed by atoms with Gasteiger partial charge in [-0.3, -0.25) is 4.79 Å². The number of hydrogen-bond donors (Lipinski definition) is 1. The molecule has 2 aromatic heterocycles. The standard InChI is InChI=1S/C24H21F4N7O2.C2H6/c25-18-10-14(23-31-32-24(37-23)22(27)28)4-5-15(18)11-35-12-20(30-33-35)17-2-1-3-19(21(17)26)29-16-6-8-34(13-36)9-7-16;1-2/h1-5,10,12-13,16,22,29H,6-9,11H2;1-2H3. The number of halogens is 4. The van der Waals surface area contributed by atoms with Gasteiger partial charge in [-0.05, 0) is 37.1 Å². The largest absolute Gasteiger partial charge is 0.415 e. The van der Waals surface area contributed by atoms with Crippen molar-refractivity contribution in [2.45, 2.75) is 45.7 Å². The van der Waals surface area contributed by atoms with Crippen LogP contribution in [0.2, 0.25) is 0 Å². The van der Waals surface area contributed by atoms with Crippen LogP contribution in [0.5, 0.6) is 0 Å². The van der Waals surface area contributed by atoms with Crippen molar-refractivity contribution in [2.24, 2.45) is 0 Å². The maximum Gasteiger partial charge on any atom is 0.314 e. The van der Waals surface area contributed by atoms with Crippen molar-refractivity contribution in [2.75, 3.05) is 18.4 Å². The fourth-order valence-electron chi connectivity index (χ4n) is 4.13. The molecule has 0 saturated carbocycles. The van der Waals surface area contributed by atoms with E-state index in [-0.39, 0.29) is 40.9 Å². The molecule has 206 valence electrons. The van der Waals surface area contributed by atoms with Crippen LogP contribution in [0.4, 0.5) is 23.2 Å². The summed E-state index contributed by atoms with van der Waals surface area (Å²) in [6.45, 7) is 5.22. The molecule has 1 aliphatic rings. The molecule has 1 N–H and O–H groups in total. The quantitative estimate of drug-likeness (QED) is 0.236. The molecule has 1 amide bonds. The number of aromatic nitrogens is 5. The summed E-state index contributed by atoms with van der Waals surface area (Å²) in [5, 5.41) is 18.0. The summed E-state index contributed by atoms with van der Waals surface area (Å²) in [5.41, 5.74) is 1.24. The molecular weight excluding hydrogens is 518 g/mol. The first-order valence-electron chi connectivity index (χ1n) is 12.5. The Hall–Kier alpha value is -4.29. The molecule has 1 fully saturated rings. The highest BCUT2D eigenvalue weighted by Crippen LogP contribution is 2.29. The number of hydrogen-bond acceptors (Lipinski definition) is 7. The lowest BCUT2D eigenvalue weighted by Gasteiger charge is -2.30. The zero-order valence-corrected chi connectivity index (χ0v) is 21.3. The minimum absolute atomic E-state index is 0.0000958. The smallest absolute Gasteiger partial charge is 0.314 e. The normalized spacial score (nSPS) is 13.8. The first-order chi connectivity index (χ1) is 18.9. The molecule has 9 nitrogen and oxygen atoms in total. The average molecular weight is 546 g/mol. The molecule has 1 saturated heterocycles. The second kappa shape index (κ2) is 12.5. The van der Waals surface area contributed by atoms with E-state index in [2.05, 4.69) is 25.8 Å². The van der Waals surface area contributed by atoms with E-state index >= 15 is 4.39 Å². The second-order valence-corrected chi connectivity index (χ2v) is 8.58. The summed E-state index contributed by atoms with van der Waals surface area (Å²) in [5.74, 6) is -2.18. The van der Waals surface area contributed by atoms with Crippen LogP contribution in [0, 0.1) is 11.6 Å². The van der Waals surface area contributed by atoms with Crippen LogP contribution in [-0.2, 0) is 11.3 Å². The van der Waals surface area contributed by atoms with Gasteiger partial charge in [0.25, 0.3) is 5.89 Å². The number of alkyl halides is 2. The van der Waals surface area contributed by atoms with E-state index in [0.29, 0.717) is 31.6 Å². The number of carbonyl (C=O) groups is 1. The Morgan fingerprint density at radius 3 is 2.54 bits per heavy atom. The van der Waals surface area contributed by atoms with E-state index < -0.39 is 24.0 Å². The summed E-state index contributed by atoms with van der Waals surface area (Å²) in [6.07, 6.45) is 0.825. The third kappa shape index (κ3) is 6.41. The number of nitrogens with zero attached hydrogens (tertiary/aromatic N) is 6. The van der Waals surface area contributed by atoms with Crippen molar-refractivity contribution in [3.63, 3.8) is 0 Å². The summed E-state index contributed by atoms with van der Waals surface area (Å²) >= 11 is 0. The number of anilines is 1. The lowest BCUT2D eigenvalue weighted by atomic mass is 10.0. The van der Waals surface area contributed by atoms with Gasteiger partial charge in [-0.15, -0.1) is 15.3 Å². The second-order valence-electron chi connectivity index (χ2n) is 8.58. The van der Waals surface area contributed by atoms with Crippen molar-refractivity contribution >= 4 is 12.1 Å². The summed E-state index contributed by atoms with van der Waals surface area (Å²) in [7, 11) is 0. The maximum absolute atomic E-state index is 15.3. The fraction of sp³-hybridized carbons (Fsp3) is 0.346. The van der Waals surface area contributed by atoms with Crippen LogP contribution in [0.25, 0.3) is 22.7 Å². The number of carbonyl (C=O) groups excluding carboxylic acids is 1. The summed E-state index contributed by atoms with van der Waals surface area (Å²) in [6, 6.07) is 8.97. The van der Waals surface area contributed by atoms with Gasteiger partial charge >= 0.3 is 6.43 Å². The van der Waals surface area contributed by atoms with Crippen molar-refractivity contribution in [1.82, 2.24) is 30.1 Å². The summed E-state index contributed by atoms with van der Waals surface area (Å²) < 4.78 is 61.5. The third-order valence-electron chi connectivity index (χ3n) is 6.11. The molecule has 2 aromatic carbocycles. The van der Waals surface area contributed by atoms with Crippen molar-refractivity contribution in [3.8, 4) is 22.7 Å². The molecular formula is C26H27F4N7O2. The van der Waals surface area contributed by atoms with Crippen LogP contribution in [-0.4, -0.2) is 55.6 Å². The molecule has 0 aliphatic carbocycles. The number of nitrogens with one attached hydrogen (secondary N) is 1. The van der Waals surface area contributed by atoms with Gasteiger partial charge in [-0.2, -0.15) is 8.78 Å². The average Bonchev–Trinajstić information content (AvgIpc) is 3.63. The van der Waals surface area contributed by atoms with E-state index in [9.17, 15) is 18.0 Å². The molecule has 13 heteroatoms. The zero-order valence-electron chi connectivity index (χ0n) is 21.3. The Kier molecular flexibility index (Phi) is 8.89. The molecule has 0 bridgehead atoms. The topological polar surface area (TPSA) is 102 Å². The van der Waals surface area contributed by atoms with E-state index in [0.717, 1.165) is 12.5 Å². The molecule has 0 atom stereocenters. The first kappa shape index (κ1) is 27.7. The van der Waals surface area contributed by atoms with Crippen molar-refractivity contribution < 1.29 is 26.8 Å². The van der Waals surface area contributed by atoms with Gasteiger partial charge in [0.1, 0.15) is 11.5 Å². The van der Waals surface area contributed by atoms with Crippen LogP contribution < -0.4 is 5.32 Å². The minimum atomic E-state index is -2.92. The predicted octanol–water partition coefficient (Wildman–Crippen LogP) is 5.32. The molecule has 1 aliphatic heterocycles. The maximum atomic E-state index is 15.3. The molecule has 0 unspecified atom stereocenters. The Morgan fingerprint density at radius 1 is 1.10 bits per heavy atom. The summed E-state index contributed by atoms with van der Waals surface area (Å²) in [4.78, 5) is 12.6. The lowest BCUT2D eigenvalue weighted by molar-refractivity contribution is -0.118. The number of amides is 1. The van der Waals surface area contributed by atoms with Gasteiger partial charge in [0.15, 0.2) is 5.82 Å². The first-order valence-corrected chi connectivity index (χ1v) is 12.5. The van der Waals surface area contributed by atoms with Gasteiger partial charge in [-0.25, -0.2) is 13.5 Å². The Morgan fingerprint density at radius 2 is 1.87 bits per heavy atom. The van der Waals surface area contributed by atoms with Crippen LogP contribution >= 0.6 is 0 Å². The third-order valence-corrected chi connectivity index (χ3v) is 6.11. The number of rotatable bonds is 8. The molecule has 39 heavy (non-hydrogen) atoms. The van der Waals surface area contributed by atoms with Gasteiger partial charge in [0.05, 0.1) is 18.4 Å². The number of piperidine rings is 1. The van der Waals surface area contributed by atoms with Crippen molar-refractivity contribution in [3.05, 3.63) is 65.7 Å². The molecule has 0 spiro atoms. The molecule has 5 rings (SSSR count). The Labute approximate surface area is 221 Å². The van der Waals surface area contributed by atoms with E-state index in [1.165, 1.54) is 23.0 Å². The van der Waals surface area contributed by atoms with Crippen LogP contribution in [0.15, 0.2) is 47.0 Å². The van der Waals surface area contributed by atoms with E-state index in [1.807, 2.05) is 13.8 Å². The van der Waals surface area contributed by atoms with Crippen LogP contribution in [0.1, 0.15) is 44.6 Å². The minimum Gasteiger partial charge on any atom is -0.415 e. The van der Waals surface area contributed by atoms with Gasteiger partial charge in [-0.1, -0.05) is 31.2 Å². The van der Waals surface area contributed by atoms with Gasteiger partial charge in [0.2, 0.25) is 12.3 Å². The van der Waals surface area contributed by atoms with Gasteiger partial charge < -0.3 is 14.6 Å². The number of benzene rings is 2.